The molecule has 2 aromatic carbocycles. The van der Waals surface area contributed by atoms with E-state index in [4.69, 9.17) is 20.0 Å². The van der Waals surface area contributed by atoms with E-state index in [1.165, 1.54) is 7.11 Å². The number of carboxylic acid groups (broad SMARTS) is 1. The average molecular weight is 620 g/mol. The van der Waals surface area contributed by atoms with Crippen molar-refractivity contribution < 1.29 is 29.0 Å². The number of nitrogens with zero attached hydrogens (tertiary/aromatic N) is 2. The van der Waals surface area contributed by atoms with E-state index in [1.54, 1.807) is 30.1 Å². The highest BCUT2D eigenvalue weighted by Gasteiger charge is 2.30. The normalized spacial score (nSPS) is 12.4. The number of aliphatic carboxylic acids is 1. The molecule has 218 valence electrons. The highest BCUT2D eigenvalue weighted by atomic mass is 79.9. The van der Waals surface area contributed by atoms with Crippen LogP contribution in [0, 0.1) is 5.41 Å². The lowest BCUT2D eigenvalue weighted by molar-refractivity contribution is -0.137. The molecule has 3 rings (SSSR count). The van der Waals surface area contributed by atoms with E-state index in [9.17, 15) is 14.4 Å². The minimum absolute atomic E-state index is 0. The second-order valence-electron chi connectivity index (χ2n) is 10.8. The number of nitrogens with one attached hydrogen (secondary N) is 2. The molecule has 1 aliphatic heterocycles. The van der Waals surface area contributed by atoms with Crippen molar-refractivity contribution in [1.82, 2.24) is 10.2 Å². The lowest BCUT2D eigenvalue weighted by atomic mass is 9.84. The molecule has 0 spiro atoms. The van der Waals surface area contributed by atoms with Gasteiger partial charge in [0.05, 0.1) is 25.8 Å². The fourth-order valence-electron chi connectivity index (χ4n) is 4.54. The van der Waals surface area contributed by atoms with Gasteiger partial charge in [0.2, 0.25) is 0 Å². The molecule has 40 heavy (non-hydrogen) atoms. The lowest BCUT2D eigenvalue weighted by Crippen LogP contribution is -2.30. The number of hydrogen-bond donors (Lipinski definition) is 3. The molecule has 1 amide bonds. The number of methoxy groups -OCH3 is 1. The summed E-state index contributed by atoms with van der Waals surface area (Å²) >= 11 is 0. The third kappa shape index (κ3) is 7.12. The van der Waals surface area contributed by atoms with Gasteiger partial charge in [-0.15, -0.1) is 17.0 Å². The van der Waals surface area contributed by atoms with Crippen LogP contribution in [0.2, 0.25) is 0 Å². The van der Waals surface area contributed by atoms with Gasteiger partial charge in [-0.1, -0.05) is 20.8 Å². The summed E-state index contributed by atoms with van der Waals surface area (Å²) in [5.74, 6) is -0.239. The third-order valence-corrected chi connectivity index (χ3v) is 6.63. The first-order valence-electron chi connectivity index (χ1n) is 12.8. The molecule has 0 unspecified atom stereocenters. The van der Waals surface area contributed by atoms with Crippen molar-refractivity contribution in [1.29, 1.82) is 5.41 Å². The van der Waals surface area contributed by atoms with Crippen LogP contribution in [-0.2, 0) is 16.8 Å². The monoisotopic (exact) mass is 618 g/mol. The van der Waals surface area contributed by atoms with Crippen molar-refractivity contribution in [2.24, 2.45) is 0 Å². The van der Waals surface area contributed by atoms with Crippen molar-refractivity contribution in [3.05, 3.63) is 52.1 Å². The first kappa shape index (κ1) is 32.6. The maximum absolute atomic E-state index is 13.5. The molecular weight excluding hydrogens is 580 g/mol. The number of rotatable bonds is 11. The lowest BCUT2D eigenvalue weighted by Gasteiger charge is -2.26. The van der Waals surface area contributed by atoms with Crippen LogP contribution >= 0.6 is 17.0 Å². The molecule has 0 radical (unpaired) electrons. The predicted molar refractivity (Wildman–Crippen MR) is 160 cm³/mol. The van der Waals surface area contributed by atoms with Crippen molar-refractivity contribution in [3.8, 4) is 11.5 Å². The highest BCUT2D eigenvalue weighted by molar-refractivity contribution is 8.93. The van der Waals surface area contributed by atoms with Gasteiger partial charge in [0.25, 0.3) is 5.91 Å². The predicted octanol–water partition coefficient (Wildman–Crippen LogP) is 4.26. The zero-order valence-electron chi connectivity index (χ0n) is 24.1. The Bertz CT molecular complexity index is 1300. The molecule has 0 atom stereocenters. The van der Waals surface area contributed by atoms with Gasteiger partial charge >= 0.3 is 5.97 Å². The number of carboxylic acids is 1. The number of amides is 1. The summed E-state index contributed by atoms with van der Waals surface area (Å²) in [5.41, 5.74) is 3.53. The summed E-state index contributed by atoms with van der Waals surface area (Å²) in [5, 5.41) is 20.3. The van der Waals surface area contributed by atoms with Crippen LogP contribution in [0.1, 0.15) is 71.0 Å². The summed E-state index contributed by atoms with van der Waals surface area (Å²) < 4.78 is 11.5. The standard InChI is InChI=1S/C29H38N4O6.BrH/c1-29(2,3)21-11-17(13-24(38-7)26(21)39-10-8-9-25(35)36)23(34)16-33-15-18-12-22(32(5)6)20(28(37)31-4)14-19(18)27(33)30;/h11-14,30H,8-10,15-16H2,1-7H3,(H,31,37)(H,35,36);1H. The maximum atomic E-state index is 13.5. The van der Waals surface area contributed by atoms with E-state index in [2.05, 4.69) is 5.32 Å². The summed E-state index contributed by atoms with van der Waals surface area (Å²) in [6, 6.07) is 7.03. The Morgan fingerprint density at radius 1 is 1.15 bits per heavy atom. The molecule has 3 N–H and O–H groups in total. The van der Waals surface area contributed by atoms with Gasteiger partial charge < -0.3 is 29.7 Å². The van der Waals surface area contributed by atoms with Gasteiger partial charge in [-0.2, -0.15) is 0 Å². The van der Waals surface area contributed by atoms with Crippen LogP contribution in [0.4, 0.5) is 5.69 Å². The van der Waals surface area contributed by atoms with Gasteiger partial charge in [-0.3, -0.25) is 19.8 Å². The van der Waals surface area contributed by atoms with Crippen LogP contribution in [-0.4, -0.2) is 74.9 Å². The van der Waals surface area contributed by atoms with Crippen molar-refractivity contribution in [2.75, 3.05) is 46.3 Å². The third-order valence-electron chi connectivity index (χ3n) is 6.63. The number of halogens is 1. The maximum Gasteiger partial charge on any atom is 0.303 e. The number of carbonyl (C=O) groups excluding carboxylic acids is 2. The first-order valence-corrected chi connectivity index (χ1v) is 12.8. The molecule has 1 heterocycles. The number of fused-ring (bicyclic) bond motifs is 1. The van der Waals surface area contributed by atoms with Gasteiger partial charge in [0.15, 0.2) is 17.3 Å². The topological polar surface area (TPSA) is 132 Å². The van der Waals surface area contributed by atoms with Crippen LogP contribution < -0.4 is 19.7 Å². The van der Waals surface area contributed by atoms with E-state index < -0.39 is 5.97 Å². The molecule has 1 aliphatic rings. The number of Topliss-reactive ketones (excluding diaryl/α,β-unsaturated/α-hetero) is 1. The van der Waals surface area contributed by atoms with E-state index in [0.29, 0.717) is 41.2 Å². The van der Waals surface area contributed by atoms with E-state index in [1.807, 2.05) is 45.8 Å². The number of ether oxygens (including phenoxy) is 2. The quantitative estimate of drug-likeness (QED) is 0.251. The fraction of sp³-hybridized carbons (Fsp3) is 0.448. The number of anilines is 1. The van der Waals surface area contributed by atoms with E-state index in [-0.39, 0.29) is 59.5 Å². The molecule has 10 nitrogen and oxygen atoms in total. The number of amidine groups is 1. The van der Waals surface area contributed by atoms with Gasteiger partial charge in [-0.05, 0) is 41.7 Å². The van der Waals surface area contributed by atoms with Gasteiger partial charge in [0.1, 0.15) is 5.84 Å². The minimum Gasteiger partial charge on any atom is -0.493 e. The highest BCUT2D eigenvalue weighted by Crippen LogP contribution is 2.40. The summed E-state index contributed by atoms with van der Waals surface area (Å²) in [4.78, 5) is 40.4. The number of ketones is 1. The molecule has 0 aromatic heterocycles. The van der Waals surface area contributed by atoms with Crippen LogP contribution in [0.15, 0.2) is 24.3 Å². The number of carbonyl (C=O) groups is 3. The van der Waals surface area contributed by atoms with Crippen molar-refractivity contribution >= 4 is 46.2 Å². The minimum atomic E-state index is -0.889. The van der Waals surface area contributed by atoms with E-state index >= 15 is 0 Å². The zero-order valence-corrected chi connectivity index (χ0v) is 25.8. The molecule has 0 saturated heterocycles. The van der Waals surface area contributed by atoms with Gasteiger partial charge in [-0.25, -0.2) is 0 Å². The van der Waals surface area contributed by atoms with Crippen molar-refractivity contribution in [3.63, 3.8) is 0 Å². The van der Waals surface area contributed by atoms with Crippen LogP contribution in [0.3, 0.4) is 0 Å². The Hall–Kier alpha value is -3.60. The average Bonchev–Trinajstić information content (AvgIpc) is 3.18. The van der Waals surface area contributed by atoms with Crippen LogP contribution in [0.5, 0.6) is 11.5 Å². The Morgan fingerprint density at radius 2 is 1.82 bits per heavy atom. The summed E-state index contributed by atoms with van der Waals surface area (Å²) in [7, 11) is 6.78. The van der Waals surface area contributed by atoms with Crippen LogP contribution in [0.25, 0.3) is 0 Å². The summed E-state index contributed by atoms with van der Waals surface area (Å²) in [6.07, 6.45) is 0.339. The number of benzene rings is 2. The van der Waals surface area contributed by atoms with E-state index in [0.717, 1.165) is 16.8 Å². The largest absolute Gasteiger partial charge is 0.493 e. The smallest absolute Gasteiger partial charge is 0.303 e. The second kappa shape index (κ2) is 13.2. The molecule has 0 saturated carbocycles. The molecule has 0 aliphatic carbocycles. The molecule has 2 aromatic rings. The first-order chi connectivity index (χ1) is 18.3. The molecular formula is C29H39BrN4O6. The Balaban J connectivity index is 0.00000560. The second-order valence-corrected chi connectivity index (χ2v) is 10.8. The van der Waals surface area contributed by atoms with Gasteiger partial charge in [0, 0.05) is 56.5 Å². The number of hydrogen-bond acceptors (Lipinski definition) is 7. The Labute approximate surface area is 245 Å². The fourth-order valence-corrected chi connectivity index (χ4v) is 4.54. The molecule has 0 fully saturated rings. The zero-order chi connectivity index (χ0) is 29.1. The SMILES string of the molecule is Br.CNC(=O)c1cc2c(cc1N(C)C)CN(CC(=O)c1cc(OC)c(OCCCC(=O)O)c(C(C)(C)C)c1)C2=N. The summed E-state index contributed by atoms with van der Waals surface area (Å²) in [6.45, 7) is 6.56. The Kier molecular flexibility index (Phi) is 10.7. The Morgan fingerprint density at radius 3 is 2.38 bits per heavy atom. The molecule has 11 heteroatoms. The molecule has 0 bridgehead atoms. The van der Waals surface area contributed by atoms with Crippen molar-refractivity contribution in [2.45, 2.75) is 45.6 Å².